The fraction of sp³-hybridized carbons (Fsp3) is 0.176. The van der Waals surface area contributed by atoms with Gasteiger partial charge in [0.25, 0.3) is 11.8 Å². The van der Waals surface area contributed by atoms with Crippen LogP contribution in [0.15, 0.2) is 54.6 Å². The molecule has 4 nitrogen and oxygen atoms in total. The summed E-state index contributed by atoms with van der Waals surface area (Å²) in [7, 11) is 0. The number of nitrogens with zero attached hydrogens (tertiary/aromatic N) is 1. The summed E-state index contributed by atoms with van der Waals surface area (Å²) in [6.45, 7) is 0.211. The summed E-state index contributed by atoms with van der Waals surface area (Å²) in [6, 6.07) is 16.0. The van der Waals surface area contributed by atoms with E-state index in [-0.39, 0.29) is 18.4 Å². The molecule has 0 fully saturated rings. The first kappa shape index (κ1) is 13.5. The first-order chi connectivity index (χ1) is 10.2. The quantitative estimate of drug-likeness (QED) is 0.875. The zero-order chi connectivity index (χ0) is 14.8. The van der Waals surface area contributed by atoms with Crippen LogP contribution < -0.4 is 0 Å². The Bertz CT molecular complexity index is 646. The molecule has 2 aromatic rings. The monoisotopic (exact) mass is 281 g/mol. The molecule has 3 rings (SSSR count). The van der Waals surface area contributed by atoms with Crippen molar-refractivity contribution < 1.29 is 14.7 Å². The highest BCUT2D eigenvalue weighted by Gasteiger charge is 2.34. The number of fused-ring (bicyclic) bond motifs is 1. The molecular formula is C17H15NO3. The summed E-state index contributed by atoms with van der Waals surface area (Å²) in [5.74, 6) is -0.563. The zero-order valence-corrected chi connectivity index (χ0v) is 11.4. The topological polar surface area (TPSA) is 57.6 Å². The Labute approximate surface area is 122 Å². The van der Waals surface area contributed by atoms with Crippen molar-refractivity contribution >= 4 is 11.8 Å². The van der Waals surface area contributed by atoms with E-state index >= 15 is 0 Å². The molecule has 106 valence electrons. The number of hydrogen-bond donors (Lipinski definition) is 1. The third kappa shape index (κ3) is 2.45. The molecule has 2 amide bonds. The Morgan fingerprint density at radius 2 is 1.38 bits per heavy atom. The molecule has 0 radical (unpaired) electrons. The largest absolute Gasteiger partial charge is 0.388 e. The van der Waals surface area contributed by atoms with Crippen molar-refractivity contribution in [3.63, 3.8) is 0 Å². The van der Waals surface area contributed by atoms with Gasteiger partial charge in [0.1, 0.15) is 0 Å². The molecule has 4 heteroatoms. The van der Waals surface area contributed by atoms with Crippen molar-refractivity contribution in [1.82, 2.24) is 4.90 Å². The number of rotatable bonds is 4. The molecule has 2 aromatic carbocycles. The molecule has 0 unspecified atom stereocenters. The van der Waals surface area contributed by atoms with Gasteiger partial charge in [0.15, 0.2) is 0 Å². The molecule has 0 saturated carbocycles. The second kappa shape index (κ2) is 5.50. The number of aliphatic hydroxyl groups excluding tert-OH is 1. The molecule has 0 aliphatic carbocycles. The summed E-state index contributed by atoms with van der Waals surface area (Å²) in [4.78, 5) is 25.6. The van der Waals surface area contributed by atoms with Gasteiger partial charge >= 0.3 is 0 Å². The van der Waals surface area contributed by atoms with Crippen molar-refractivity contribution in [3.05, 3.63) is 71.3 Å². The van der Waals surface area contributed by atoms with Gasteiger partial charge in [-0.1, -0.05) is 42.5 Å². The lowest BCUT2D eigenvalue weighted by Gasteiger charge is -2.17. The fourth-order valence-corrected chi connectivity index (χ4v) is 2.54. The molecule has 1 aliphatic rings. The van der Waals surface area contributed by atoms with Crippen LogP contribution in [-0.4, -0.2) is 28.4 Å². The average Bonchev–Trinajstić information content (AvgIpc) is 2.78. The lowest BCUT2D eigenvalue weighted by Crippen LogP contribution is -2.31. The first-order valence-corrected chi connectivity index (χ1v) is 6.86. The number of hydrogen-bond acceptors (Lipinski definition) is 3. The number of imide groups is 1. The molecular weight excluding hydrogens is 266 g/mol. The van der Waals surface area contributed by atoms with Crippen LogP contribution in [0.5, 0.6) is 0 Å². The molecule has 1 N–H and O–H groups in total. The molecule has 21 heavy (non-hydrogen) atoms. The van der Waals surface area contributed by atoms with Crippen molar-refractivity contribution in [1.29, 1.82) is 0 Å². The maximum atomic E-state index is 12.2. The van der Waals surface area contributed by atoms with Gasteiger partial charge in [-0.15, -0.1) is 0 Å². The zero-order valence-electron chi connectivity index (χ0n) is 11.4. The molecule has 0 saturated heterocycles. The van der Waals surface area contributed by atoms with Gasteiger partial charge in [-0.05, 0) is 24.1 Å². The average molecular weight is 281 g/mol. The summed E-state index contributed by atoms with van der Waals surface area (Å²) in [5, 5.41) is 10.1. The van der Waals surface area contributed by atoms with Crippen LogP contribution in [0.25, 0.3) is 0 Å². The minimum atomic E-state index is -0.685. The number of benzene rings is 2. The smallest absolute Gasteiger partial charge is 0.261 e. The van der Waals surface area contributed by atoms with Crippen molar-refractivity contribution in [2.75, 3.05) is 6.54 Å². The van der Waals surface area contributed by atoms with Crippen molar-refractivity contribution in [2.45, 2.75) is 12.5 Å². The minimum absolute atomic E-state index is 0.211. The highest BCUT2D eigenvalue weighted by molar-refractivity contribution is 6.21. The Morgan fingerprint density at radius 1 is 0.857 bits per heavy atom. The molecule has 1 atom stereocenters. The van der Waals surface area contributed by atoms with Gasteiger partial charge in [0, 0.05) is 6.54 Å². The van der Waals surface area contributed by atoms with Crippen LogP contribution in [0, 0.1) is 0 Å². The van der Waals surface area contributed by atoms with Crippen LogP contribution in [-0.2, 0) is 0 Å². The van der Waals surface area contributed by atoms with E-state index in [1.807, 2.05) is 30.3 Å². The second-order valence-electron chi connectivity index (χ2n) is 5.02. The Balaban J connectivity index is 1.70. The van der Waals surface area contributed by atoms with E-state index in [1.165, 1.54) is 4.90 Å². The predicted octanol–water partition coefficient (Wildman–Crippen LogP) is 2.41. The number of carbonyl (C=O) groups is 2. The normalized spacial score (nSPS) is 15.2. The maximum absolute atomic E-state index is 12.2. The summed E-state index contributed by atoms with van der Waals surface area (Å²) < 4.78 is 0. The Morgan fingerprint density at radius 3 is 1.95 bits per heavy atom. The summed E-state index contributed by atoms with van der Waals surface area (Å²) >= 11 is 0. The summed E-state index contributed by atoms with van der Waals surface area (Å²) in [6.07, 6.45) is -0.356. The van der Waals surface area contributed by atoms with E-state index in [1.54, 1.807) is 24.3 Å². The standard InChI is InChI=1S/C17H15NO3/c19-15(12-6-2-1-3-7-12)10-11-18-16(20)13-8-4-5-9-14(13)17(18)21/h1-9,15,19H,10-11H2/t15-/m0/s1. The minimum Gasteiger partial charge on any atom is -0.388 e. The number of aliphatic hydroxyl groups is 1. The van der Waals surface area contributed by atoms with Crippen LogP contribution in [0.3, 0.4) is 0 Å². The van der Waals surface area contributed by atoms with Crippen molar-refractivity contribution in [3.8, 4) is 0 Å². The molecule has 0 aromatic heterocycles. The fourth-order valence-electron chi connectivity index (χ4n) is 2.54. The molecule has 1 aliphatic heterocycles. The Kier molecular flexibility index (Phi) is 3.54. The third-order valence-corrected chi connectivity index (χ3v) is 3.69. The Hall–Kier alpha value is -2.46. The number of carbonyl (C=O) groups excluding carboxylic acids is 2. The van der Waals surface area contributed by atoms with E-state index < -0.39 is 6.10 Å². The summed E-state index contributed by atoms with van der Waals surface area (Å²) in [5.41, 5.74) is 1.67. The third-order valence-electron chi connectivity index (χ3n) is 3.69. The predicted molar refractivity (Wildman–Crippen MR) is 77.8 cm³/mol. The maximum Gasteiger partial charge on any atom is 0.261 e. The van der Waals surface area contributed by atoms with Gasteiger partial charge in [-0.2, -0.15) is 0 Å². The van der Waals surface area contributed by atoms with Crippen LogP contribution in [0.4, 0.5) is 0 Å². The van der Waals surface area contributed by atoms with E-state index in [4.69, 9.17) is 0 Å². The lowest BCUT2D eigenvalue weighted by molar-refractivity contribution is 0.0622. The van der Waals surface area contributed by atoms with Crippen LogP contribution in [0.2, 0.25) is 0 Å². The van der Waals surface area contributed by atoms with Crippen molar-refractivity contribution in [2.24, 2.45) is 0 Å². The highest BCUT2D eigenvalue weighted by Crippen LogP contribution is 2.24. The second-order valence-corrected chi connectivity index (χ2v) is 5.02. The number of amides is 2. The van der Waals surface area contributed by atoms with Gasteiger partial charge in [0.05, 0.1) is 17.2 Å². The van der Waals surface area contributed by atoms with E-state index in [0.29, 0.717) is 17.5 Å². The van der Waals surface area contributed by atoms with Gasteiger partial charge < -0.3 is 5.11 Å². The molecule has 1 heterocycles. The SMILES string of the molecule is O=C1c2ccccc2C(=O)N1CC[C@H](O)c1ccccc1. The lowest BCUT2D eigenvalue weighted by atomic mass is 10.1. The first-order valence-electron chi connectivity index (χ1n) is 6.86. The molecule has 0 bridgehead atoms. The van der Waals surface area contributed by atoms with Gasteiger partial charge in [-0.3, -0.25) is 14.5 Å². The highest BCUT2D eigenvalue weighted by atomic mass is 16.3. The van der Waals surface area contributed by atoms with Gasteiger partial charge in [0.2, 0.25) is 0 Å². The van der Waals surface area contributed by atoms with E-state index in [9.17, 15) is 14.7 Å². The van der Waals surface area contributed by atoms with Gasteiger partial charge in [-0.25, -0.2) is 0 Å². The molecule has 0 spiro atoms. The van der Waals surface area contributed by atoms with Crippen LogP contribution in [0.1, 0.15) is 38.8 Å². The van der Waals surface area contributed by atoms with E-state index in [0.717, 1.165) is 5.56 Å². The van der Waals surface area contributed by atoms with Crippen LogP contribution >= 0.6 is 0 Å². The van der Waals surface area contributed by atoms with E-state index in [2.05, 4.69) is 0 Å².